The predicted molar refractivity (Wildman–Crippen MR) is 97.9 cm³/mol. The molecule has 1 heterocycles. The first-order chi connectivity index (χ1) is 12.1. The Balaban J connectivity index is 1.59. The van der Waals surface area contributed by atoms with Crippen LogP contribution in [0.15, 0.2) is 64.1 Å². The van der Waals surface area contributed by atoms with Crippen LogP contribution in [0.2, 0.25) is 0 Å². The zero-order valence-corrected chi connectivity index (χ0v) is 14.1. The highest BCUT2D eigenvalue weighted by Gasteiger charge is 2.26. The summed E-state index contributed by atoms with van der Waals surface area (Å²) in [5, 5.41) is 4.21. The van der Waals surface area contributed by atoms with Gasteiger partial charge < -0.3 is 4.42 Å². The van der Waals surface area contributed by atoms with E-state index in [0.717, 1.165) is 0 Å². The summed E-state index contributed by atoms with van der Waals surface area (Å²) in [4.78, 5) is 12.3. The van der Waals surface area contributed by atoms with Crippen LogP contribution in [0, 0.1) is 13.8 Å². The number of amides is 1. The standard InChI is InChI=1S/C21H18N2O2/c1-13-11-19(14(2)25-13)21(24)23-22-12-20-17-9-5-3-7-15(17)16-8-4-6-10-18(16)20/h3-12,20H,1-2H3,(H,23,24)/b22-12+. The van der Waals surface area contributed by atoms with E-state index in [9.17, 15) is 4.79 Å². The Hall–Kier alpha value is -3.14. The lowest BCUT2D eigenvalue weighted by Gasteiger charge is -2.07. The highest BCUT2D eigenvalue weighted by Crippen LogP contribution is 2.43. The number of hydrogen-bond donors (Lipinski definition) is 1. The summed E-state index contributed by atoms with van der Waals surface area (Å²) in [5.74, 6) is 1.09. The van der Waals surface area contributed by atoms with Crippen LogP contribution >= 0.6 is 0 Å². The van der Waals surface area contributed by atoms with E-state index in [0.29, 0.717) is 17.1 Å². The fourth-order valence-corrected chi connectivity index (χ4v) is 3.44. The van der Waals surface area contributed by atoms with E-state index >= 15 is 0 Å². The van der Waals surface area contributed by atoms with Crippen molar-refractivity contribution in [2.45, 2.75) is 19.8 Å². The van der Waals surface area contributed by atoms with Crippen molar-refractivity contribution in [2.75, 3.05) is 0 Å². The molecule has 0 spiro atoms. The lowest BCUT2D eigenvalue weighted by atomic mass is 9.99. The molecule has 1 aliphatic carbocycles. The molecular formula is C21H18N2O2. The number of benzene rings is 2. The fourth-order valence-electron chi connectivity index (χ4n) is 3.44. The van der Waals surface area contributed by atoms with Crippen molar-refractivity contribution in [3.05, 3.63) is 82.8 Å². The molecule has 1 aliphatic rings. The first kappa shape index (κ1) is 15.4. The van der Waals surface area contributed by atoms with Crippen LogP contribution in [-0.4, -0.2) is 12.1 Å². The SMILES string of the molecule is Cc1cc(C(=O)N/N=C/C2c3ccccc3-c3ccccc32)c(C)o1. The number of nitrogens with zero attached hydrogens (tertiary/aromatic N) is 1. The van der Waals surface area contributed by atoms with Crippen LogP contribution in [0.1, 0.15) is 38.9 Å². The quantitative estimate of drug-likeness (QED) is 0.571. The molecule has 0 radical (unpaired) electrons. The van der Waals surface area contributed by atoms with E-state index in [1.807, 2.05) is 31.2 Å². The average Bonchev–Trinajstić information content (AvgIpc) is 3.12. The van der Waals surface area contributed by atoms with E-state index in [1.54, 1.807) is 19.2 Å². The first-order valence-corrected chi connectivity index (χ1v) is 8.24. The van der Waals surface area contributed by atoms with E-state index in [2.05, 4.69) is 34.8 Å². The topological polar surface area (TPSA) is 54.6 Å². The highest BCUT2D eigenvalue weighted by molar-refractivity contribution is 5.96. The molecule has 1 aromatic heterocycles. The Kier molecular flexibility index (Phi) is 3.73. The van der Waals surface area contributed by atoms with E-state index < -0.39 is 0 Å². The van der Waals surface area contributed by atoms with Crippen molar-refractivity contribution in [1.29, 1.82) is 0 Å². The van der Waals surface area contributed by atoms with Gasteiger partial charge in [-0.15, -0.1) is 0 Å². The largest absolute Gasteiger partial charge is 0.466 e. The minimum absolute atomic E-state index is 0.0416. The van der Waals surface area contributed by atoms with Gasteiger partial charge in [-0.1, -0.05) is 48.5 Å². The molecule has 4 heteroatoms. The van der Waals surface area contributed by atoms with Gasteiger partial charge in [-0.3, -0.25) is 4.79 Å². The molecule has 0 bridgehead atoms. The maximum atomic E-state index is 12.3. The summed E-state index contributed by atoms with van der Waals surface area (Å²) < 4.78 is 5.40. The number of rotatable bonds is 3. The summed E-state index contributed by atoms with van der Waals surface area (Å²) in [6.07, 6.45) is 1.80. The van der Waals surface area contributed by atoms with Gasteiger partial charge in [-0.05, 0) is 42.2 Å². The molecule has 3 aromatic rings. The second-order valence-electron chi connectivity index (χ2n) is 6.20. The molecule has 0 saturated heterocycles. The van der Waals surface area contributed by atoms with Gasteiger partial charge in [-0.2, -0.15) is 5.10 Å². The van der Waals surface area contributed by atoms with Crippen LogP contribution in [0.5, 0.6) is 0 Å². The third-order valence-electron chi connectivity index (χ3n) is 4.56. The van der Waals surface area contributed by atoms with Crippen molar-refractivity contribution in [3.8, 4) is 11.1 Å². The van der Waals surface area contributed by atoms with Gasteiger partial charge in [0.25, 0.3) is 5.91 Å². The summed E-state index contributed by atoms with van der Waals surface area (Å²) in [7, 11) is 0. The Bertz CT molecular complexity index is 940. The number of fused-ring (bicyclic) bond motifs is 3. The summed E-state index contributed by atoms with van der Waals surface area (Å²) >= 11 is 0. The molecular weight excluding hydrogens is 312 g/mol. The van der Waals surface area contributed by atoms with Gasteiger partial charge in [0.1, 0.15) is 11.5 Å². The number of furan rings is 1. The number of hydrazone groups is 1. The van der Waals surface area contributed by atoms with Gasteiger partial charge in [0.2, 0.25) is 0 Å². The molecule has 25 heavy (non-hydrogen) atoms. The summed E-state index contributed by atoms with van der Waals surface area (Å²) in [5.41, 5.74) is 7.99. The molecule has 2 aromatic carbocycles. The molecule has 0 unspecified atom stereocenters. The maximum Gasteiger partial charge on any atom is 0.274 e. The molecule has 1 N–H and O–H groups in total. The van der Waals surface area contributed by atoms with E-state index in [4.69, 9.17) is 4.42 Å². The maximum absolute atomic E-state index is 12.3. The molecule has 0 atom stereocenters. The Morgan fingerprint density at radius 3 is 2.20 bits per heavy atom. The molecule has 0 aliphatic heterocycles. The number of carbonyl (C=O) groups is 1. The number of carbonyl (C=O) groups excluding carboxylic acids is 1. The Morgan fingerprint density at radius 2 is 1.64 bits per heavy atom. The summed E-state index contributed by atoms with van der Waals surface area (Å²) in [6.45, 7) is 3.59. The number of aryl methyl sites for hydroxylation is 2. The van der Waals surface area contributed by atoms with Gasteiger partial charge in [0.05, 0.1) is 5.56 Å². The van der Waals surface area contributed by atoms with Gasteiger partial charge in [0.15, 0.2) is 0 Å². The average molecular weight is 330 g/mol. The molecule has 4 nitrogen and oxygen atoms in total. The zero-order valence-electron chi connectivity index (χ0n) is 14.1. The van der Waals surface area contributed by atoms with E-state index in [-0.39, 0.29) is 11.8 Å². The second kappa shape index (κ2) is 6.06. The minimum Gasteiger partial charge on any atom is -0.466 e. The third kappa shape index (κ3) is 2.66. The van der Waals surface area contributed by atoms with Gasteiger partial charge in [-0.25, -0.2) is 5.43 Å². The Morgan fingerprint density at radius 1 is 1.04 bits per heavy atom. The number of hydrogen-bond acceptors (Lipinski definition) is 3. The van der Waals surface area contributed by atoms with Crippen molar-refractivity contribution < 1.29 is 9.21 Å². The van der Waals surface area contributed by atoms with Crippen LogP contribution in [0.25, 0.3) is 11.1 Å². The smallest absolute Gasteiger partial charge is 0.274 e. The highest BCUT2D eigenvalue weighted by atomic mass is 16.3. The lowest BCUT2D eigenvalue weighted by molar-refractivity contribution is 0.0953. The molecule has 4 rings (SSSR count). The van der Waals surface area contributed by atoms with Gasteiger partial charge in [0, 0.05) is 12.1 Å². The van der Waals surface area contributed by atoms with Crippen molar-refractivity contribution >= 4 is 12.1 Å². The zero-order chi connectivity index (χ0) is 17.4. The first-order valence-electron chi connectivity index (χ1n) is 8.24. The lowest BCUT2D eigenvalue weighted by Crippen LogP contribution is -2.18. The summed E-state index contributed by atoms with van der Waals surface area (Å²) in [6, 6.07) is 18.3. The Labute approximate surface area is 146 Å². The van der Waals surface area contributed by atoms with Crippen LogP contribution in [-0.2, 0) is 0 Å². The van der Waals surface area contributed by atoms with Crippen molar-refractivity contribution in [1.82, 2.24) is 5.43 Å². The van der Waals surface area contributed by atoms with Crippen LogP contribution in [0.4, 0.5) is 0 Å². The van der Waals surface area contributed by atoms with Crippen molar-refractivity contribution in [2.24, 2.45) is 5.10 Å². The fraction of sp³-hybridized carbons (Fsp3) is 0.143. The second-order valence-corrected chi connectivity index (χ2v) is 6.20. The molecule has 124 valence electrons. The normalized spacial score (nSPS) is 13.0. The van der Waals surface area contributed by atoms with E-state index in [1.165, 1.54) is 22.3 Å². The predicted octanol–water partition coefficient (Wildman–Crippen LogP) is 4.42. The van der Waals surface area contributed by atoms with Crippen LogP contribution in [0.3, 0.4) is 0 Å². The van der Waals surface area contributed by atoms with Crippen LogP contribution < -0.4 is 5.43 Å². The van der Waals surface area contributed by atoms with Gasteiger partial charge >= 0.3 is 0 Å². The molecule has 0 fully saturated rings. The van der Waals surface area contributed by atoms with Crippen molar-refractivity contribution in [3.63, 3.8) is 0 Å². The third-order valence-corrected chi connectivity index (χ3v) is 4.56. The molecule has 1 amide bonds. The minimum atomic E-state index is -0.259. The number of nitrogens with one attached hydrogen (secondary N) is 1. The monoisotopic (exact) mass is 330 g/mol. The molecule has 0 saturated carbocycles.